The number of pyridine rings is 1. The summed E-state index contributed by atoms with van der Waals surface area (Å²) in [4.78, 5) is 18.9. The Bertz CT molecular complexity index is 659. The van der Waals surface area contributed by atoms with Crippen molar-refractivity contribution in [2.45, 2.75) is 13.0 Å². The molecule has 1 aromatic carbocycles. The van der Waals surface area contributed by atoms with Gasteiger partial charge in [0.1, 0.15) is 5.82 Å². The SMILES string of the molecule is CC1CSCCN1C(=O)c1cnc(N)c2ccccc12. The van der Waals surface area contributed by atoms with Crippen LogP contribution in [0.25, 0.3) is 10.8 Å². The van der Waals surface area contributed by atoms with Crippen LogP contribution < -0.4 is 5.73 Å². The van der Waals surface area contributed by atoms with Crippen molar-refractivity contribution in [2.75, 3.05) is 23.8 Å². The van der Waals surface area contributed by atoms with Crippen molar-refractivity contribution in [3.63, 3.8) is 0 Å². The molecule has 1 unspecified atom stereocenters. The highest BCUT2D eigenvalue weighted by Gasteiger charge is 2.26. The summed E-state index contributed by atoms with van der Waals surface area (Å²) >= 11 is 1.90. The van der Waals surface area contributed by atoms with Crippen LogP contribution in [0.1, 0.15) is 17.3 Å². The van der Waals surface area contributed by atoms with Gasteiger partial charge < -0.3 is 10.6 Å². The number of carbonyl (C=O) groups excluding carboxylic acids is 1. The maximum Gasteiger partial charge on any atom is 0.256 e. The maximum atomic E-state index is 12.8. The molecule has 1 aliphatic rings. The van der Waals surface area contributed by atoms with Gasteiger partial charge in [-0.2, -0.15) is 11.8 Å². The highest BCUT2D eigenvalue weighted by atomic mass is 32.2. The molecule has 5 heteroatoms. The Kier molecular flexibility index (Phi) is 3.53. The van der Waals surface area contributed by atoms with Gasteiger partial charge in [-0.25, -0.2) is 4.98 Å². The molecule has 0 aliphatic carbocycles. The zero-order chi connectivity index (χ0) is 14.1. The number of benzene rings is 1. The summed E-state index contributed by atoms with van der Waals surface area (Å²) < 4.78 is 0. The van der Waals surface area contributed by atoms with Gasteiger partial charge in [-0.05, 0) is 12.3 Å². The highest BCUT2D eigenvalue weighted by molar-refractivity contribution is 7.99. The van der Waals surface area contributed by atoms with Crippen LogP contribution in [0.3, 0.4) is 0 Å². The van der Waals surface area contributed by atoms with Crippen molar-refractivity contribution < 1.29 is 4.79 Å². The second-order valence-corrected chi connectivity index (χ2v) is 6.18. The third-order valence-electron chi connectivity index (χ3n) is 3.68. The predicted octanol–water partition coefficient (Wildman–Crippen LogP) is 2.39. The Morgan fingerprint density at radius 3 is 2.90 bits per heavy atom. The molecule has 0 saturated carbocycles. The number of aromatic nitrogens is 1. The first-order chi connectivity index (χ1) is 9.68. The van der Waals surface area contributed by atoms with Crippen molar-refractivity contribution in [1.29, 1.82) is 0 Å². The molecule has 2 N–H and O–H groups in total. The number of nitrogen functional groups attached to an aromatic ring is 1. The fraction of sp³-hybridized carbons (Fsp3) is 0.333. The molecule has 1 amide bonds. The van der Waals surface area contributed by atoms with Crippen LogP contribution in [0.15, 0.2) is 30.5 Å². The third-order valence-corrected chi connectivity index (χ3v) is 4.87. The standard InChI is InChI=1S/C15H17N3OS/c1-10-9-20-7-6-18(10)15(19)13-8-17-14(16)12-5-3-2-4-11(12)13/h2-5,8,10H,6-7,9H2,1H3,(H2,16,17). The molecule has 1 fully saturated rings. The van der Waals surface area contributed by atoms with E-state index in [0.29, 0.717) is 11.4 Å². The normalized spacial score (nSPS) is 19.2. The summed E-state index contributed by atoms with van der Waals surface area (Å²) in [5, 5.41) is 1.73. The molecule has 1 saturated heterocycles. The maximum absolute atomic E-state index is 12.8. The lowest BCUT2D eigenvalue weighted by molar-refractivity contribution is 0.0717. The van der Waals surface area contributed by atoms with Crippen LogP contribution in [0.4, 0.5) is 5.82 Å². The Balaban J connectivity index is 2.06. The second-order valence-electron chi connectivity index (χ2n) is 5.03. The van der Waals surface area contributed by atoms with E-state index in [1.165, 1.54) is 0 Å². The Labute approximate surface area is 122 Å². The van der Waals surface area contributed by atoms with Crippen molar-refractivity contribution in [3.05, 3.63) is 36.0 Å². The zero-order valence-corrected chi connectivity index (χ0v) is 12.2. The fourth-order valence-electron chi connectivity index (χ4n) is 2.57. The minimum atomic E-state index is 0.0569. The van der Waals surface area contributed by atoms with E-state index in [2.05, 4.69) is 11.9 Å². The number of amides is 1. The van der Waals surface area contributed by atoms with E-state index in [0.717, 1.165) is 28.8 Å². The van der Waals surface area contributed by atoms with Crippen LogP contribution in [0.5, 0.6) is 0 Å². The van der Waals surface area contributed by atoms with Crippen LogP contribution >= 0.6 is 11.8 Å². The van der Waals surface area contributed by atoms with Crippen molar-refractivity contribution in [2.24, 2.45) is 0 Å². The molecular weight excluding hydrogens is 270 g/mol. The molecule has 1 atom stereocenters. The molecule has 4 nitrogen and oxygen atoms in total. The lowest BCUT2D eigenvalue weighted by atomic mass is 10.1. The number of nitrogens with two attached hydrogens (primary N) is 1. The average Bonchev–Trinajstić information content (AvgIpc) is 2.48. The molecule has 1 aromatic heterocycles. The van der Waals surface area contributed by atoms with Crippen LogP contribution in [0, 0.1) is 0 Å². The number of fused-ring (bicyclic) bond motifs is 1. The monoisotopic (exact) mass is 287 g/mol. The highest BCUT2D eigenvalue weighted by Crippen LogP contribution is 2.25. The minimum Gasteiger partial charge on any atom is -0.383 e. The molecule has 0 spiro atoms. The lowest BCUT2D eigenvalue weighted by Crippen LogP contribution is -2.44. The van der Waals surface area contributed by atoms with E-state index < -0.39 is 0 Å². The number of carbonyl (C=O) groups is 1. The molecule has 1 aliphatic heterocycles. The van der Waals surface area contributed by atoms with Gasteiger partial charge >= 0.3 is 0 Å². The van der Waals surface area contributed by atoms with Crippen LogP contribution in [0.2, 0.25) is 0 Å². The summed E-state index contributed by atoms with van der Waals surface area (Å²) in [6, 6.07) is 7.94. The molecule has 20 heavy (non-hydrogen) atoms. The first-order valence-electron chi connectivity index (χ1n) is 6.70. The van der Waals surface area contributed by atoms with E-state index in [4.69, 9.17) is 5.73 Å². The van der Waals surface area contributed by atoms with E-state index in [1.54, 1.807) is 6.20 Å². The summed E-state index contributed by atoms with van der Waals surface area (Å²) in [5.74, 6) is 2.52. The average molecular weight is 287 g/mol. The topological polar surface area (TPSA) is 59.2 Å². The van der Waals surface area contributed by atoms with Crippen molar-refractivity contribution in [1.82, 2.24) is 9.88 Å². The second kappa shape index (κ2) is 5.32. The number of rotatable bonds is 1. The summed E-state index contributed by atoms with van der Waals surface area (Å²) in [5.41, 5.74) is 6.54. The quantitative estimate of drug-likeness (QED) is 0.875. The fourth-order valence-corrected chi connectivity index (χ4v) is 3.58. The number of hydrogen-bond donors (Lipinski definition) is 1. The van der Waals surface area contributed by atoms with Gasteiger partial charge in [0, 0.05) is 35.7 Å². The minimum absolute atomic E-state index is 0.0569. The molecule has 0 bridgehead atoms. The van der Waals surface area contributed by atoms with Gasteiger partial charge in [0.15, 0.2) is 0 Å². The largest absolute Gasteiger partial charge is 0.383 e. The molecule has 0 radical (unpaired) electrons. The molecule has 3 rings (SSSR count). The first kappa shape index (κ1) is 13.2. The van der Waals surface area contributed by atoms with E-state index in [-0.39, 0.29) is 11.9 Å². The van der Waals surface area contributed by atoms with Gasteiger partial charge in [0.05, 0.1) is 5.56 Å². The lowest BCUT2D eigenvalue weighted by Gasteiger charge is -2.33. The first-order valence-corrected chi connectivity index (χ1v) is 7.86. The Morgan fingerprint density at radius 2 is 2.15 bits per heavy atom. The van der Waals surface area contributed by atoms with E-state index in [1.807, 2.05) is 40.9 Å². The van der Waals surface area contributed by atoms with Gasteiger partial charge in [0.25, 0.3) is 5.91 Å². The van der Waals surface area contributed by atoms with Gasteiger partial charge in [-0.3, -0.25) is 4.79 Å². The van der Waals surface area contributed by atoms with E-state index >= 15 is 0 Å². The zero-order valence-electron chi connectivity index (χ0n) is 11.4. The summed E-state index contributed by atoms with van der Waals surface area (Å²) in [6.45, 7) is 2.89. The molecule has 2 aromatic rings. The number of anilines is 1. The van der Waals surface area contributed by atoms with Gasteiger partial charge in [-0.1, -0.05) is 24.3 Å². The van der Waals surface area contributed by atoms with Crippen molar-refractivity contribution in [3.8, 4) is 0 Å². The number of hydrogen-bond acceptors (Lipinski definition) is 4. The number of nitrogens with zero attached hydrogens (tertiary/aromatic N) is 2. The van der Waals surface area contributed by atoms with Crippen LogP contribution in [-0.2, 0) is 0 Å². The van der Waals surface area contributed by atoms with Crippen LogP contribution in [-0.4, -0.2) is 39.9 Å². The van der Waals surface area contributed by atoms with Gasteiger partial charge in [0.2, 0.25) is 0 Å². The van der Waals surface area contributed by atoms with Crippen molar-refractivity contribution >= 4 is 34.3 Å². The summed E-state index contributed by atoms with van der Waals surface area (Å²) in [7, 11) is 0. The molecule has 2 heterocycles. The predicted molar refractivity (Wildman–Crippen MR) is 84.0 cm³/mol. The smallest absolute Gasteiger partial charge is 0.256 e. The Hall–Kier alpha value is -1.75. The summed E-state index contributed by atoms with van der Waals surface area (Å²) in [6.07, 6.45) is 1.61. The molecular formula is C15H17N3OS. The number of thioether (sulfide) groups is 1. The third kappa shape index (κ3) is 2.22. The van der Waals surface area contributed by atoms with Gasteiger partial charge in [-0.15, -0.1) is 0 Å². The van der Waals surface area contributed by atoms with E-state index in [9.17, 15) is 4.79 Å². The molecule has 104 valence electrons. The Morgan fingerprint density at radius 1 is 1.40 bits per heavy atom.